The Bertz CT molecular complexity index is 1390. The highest BCUT2D eigenvalue weighted by atomic mass is 19.4. The third kappa shape index (κ3) is 6.78. The number of anilines is 1. The van der Waals surface area contributed by atoms with Crippen molar-refractivity contribution in [3.8, 4) is 16.9 Å². The molecule has 0 bridgehead atoms. The minimum Gasteiger partial charge on any atom is -0.420 e. The molecule has 0 heterocycles. The summed E-state index contributed by atoms with van der Waals surface area (Å²) in [6.07, 6.45) is -3.57. The van der Waals surface area contributed by atoms with Crippen molar-refractivity contribution in [3.05, 3.63) is 82.9 Å². The van der Waals surface area contributed by atoms with E-state index >= 15 is 4.39 Å². The van der Waals surface area contributed by atoms with Crippen LogP contribution in [-0.4, -0.2) is 36.8 Å². The summed E-state index contributed by atoms with van der Waals surface area (Å²) >= 11 is 0. The Morgan fingerprint density at radius 3 is 2.21 bits per heavy atom. The van der Waals surface area contributed by atoms with Crippen LogP contribution >= 0.6 is 0 Å². The maximum absolute atomic E-state index is 15.4. The molecule has 0 aromatic heterocycles. The van der Waals surface area contributed by atoms with Gasteiger partial charge in [0.05, 0.1) is 11.3 Å². The predicted octanol–water partition coefficient (Wildman–Crippen LogP) is 6.70. The molecule has 0 aliphatic heterocycles. The van der Waals surface area contributed by atoms with Crippen LogP contribution in [0.25, 0.3) is 11.1 Å². The molecule has 39 heavy (non-hydrogen) atoms. The van der Waals surface area contributed by atoms with Gasteiger partial charge in [-0.05, 0) is 35.7 Å². The van der Waals surface area contributed by atoms with Crippen LogP contribution in [0.1, 0.15) is 52.5 Å². The van der Waals surface area contributed by atoms with E-state index in [1.165, 1.54) is 44.4 Å². The molecule has 0 aliphatic carbocycles. The number of amides is 2. The number of rotatable bonds is 8. The summed E-state index contributed by atoms with van der Waals surface area (Å²) < 4.78 is 74.0. The van der Waals surface area contributed by atoms with Crippen molar-refractivity contribution in [2.75, 3.05) is 19.4 Å². The van der Waals surface area contributed by atoms with Gasteiger partial charge in [-0.2, -0.15) is 13.2 Å². The number of hydrogen-bond acceptors (Lipinski definition) is 4. The standard InChI is InChI=1S/C28H25F5N2O4/c1-4-5-10-22(36)39-25-20(29)15-21(23(24(25)30)27(38)35(2)3)34-26(37)19-9-7-6-8-18(19)16-11-13-17(14-12-16)28(31,32)33/h6-9,11-15H,4-5,10H2,1-3H3,(H,34,37). The van der Waals surface area contributed by atoms with Gasteiger partial charge in [-0.1, -0.05) is 43.7 Å². The molecule has 6 nitrogen and oxygen atoms in total. The minimum absolute atomic E-state index is 0.0311. The smallest absolute Gasteiger partial charge is 0.416 e. The van der Waals surface area contributed by atoms with E-state index in [4.69, 9.17) is 4.74 Å². The van der Waals surface area contributed by atoms with Gasteiger partial charge in [0.1, 0.15) is 5.56 Å². The first-order valence-electron chi connectivity index (χ1n) is 11.9. The maximum Gasteiger partial charge on any atom is 0.416 e. The Morgan fingerprint density at radius 1 is 0.974 bits per heavy atom. The molecular formula is C28H25F5N2O4. The van der Waals surface area contributed by atoms with Crippen LogP contribution < -0.4 is 10.1 Å². The van der Waals surface area contributed by atoms with Gasteiger partial charge in [0, 0.05) is 32.1 Å². The number of ether oxygens (including phenoxy) is 1. The summed E-state index contributed by atoms with van der Waals surface area (Å²) in [6.45, 7) is 1.81. The van der Waals surface area contributed by atoms with Crippen LogP contribution in [0.2, 0.25) is 0 Å². The highest BCUT2D eigenvalue weighted by molar-refractivity contribution is 6.12. The van der Waals surface area contributed by atoms with Crippen molar-refractivity contribution in [3.63, 3.8) is 0 Å². The van der Waals surface area contributed by atoms with E-state index in [2.05, 4.69) is 5.32 Å². The summed E-state index contributed by atoms with van der Waals surface area (Å²) in [5.41, 5.74) is -1.64. The maximum atomic E-state index is 15.4. The number of carbonyl (C=O) groups is 3. The largest absolute Gasteiger partial charge is 0.420 e. The number of unbranched alkanes of at least 4 members (excludes halogenated alkanes) is 1. The monoisotopic (exact) mass is 548 g/mol. The van der Waals surface area contributed by atoms with Crippen LogP contribution in [0.3, 0.4) is 0 Å². The average molecular weight is 549 g/mol. The molecule has 0 unspecified atom stereocenters. The van der Waals surface area contributed by atoms with E-state index < -0.39 is 58.2 Å². The fourth-order valence-corrected chi connectivity index (χ4v) is 3.67. The van der Waals surface area contributed by atoms with E-state index in [0.717, 1.165) is 17.0 Å². The van der Waals surface area contributed by atoms with Crippen LogP contribution in [-0.2, 0) is 11.0 Å². The topological polar surface area (TPSA) is 75.7 Å². The van der Waals surface area contributed by atoms with Gasteiger partial charge in [0.25, 0.3) is 11.8 Å². The SMILES string of the molecule is CCCCC(=O)Oc1c(F)cc(NC(=O)c2ccccc2-c2ccc(C(F)(F)F)cc2)c(C(=O)N(C)C)c1F. The zero-order valence-corrected chi connectivity index (χ0v) is 21.3. The highest BCUT2D eigenvalue weighted by Crippen LogP contribution is 2.34. The number of esters is 1. The molecule has 0 spiro atoms. The lowest BCUT2D eigenvalue weighted by Crippen LogP contribution is -2.26. The molecular weight excluding hydrogens is 523 g/mol. The van der Waals surface area contributed by atoms with Crippen molar-refractivity contribution in [2.24, 2.45) is 0 Å². The summed E-state index contributed by atoms with van der Waals surface area (Å²) in [7, 11) is 2.62. The third-order valence-electron chi connectivity index (χ3n) is 5.69. The van der Waals surface area contributed by atoms with Crippen LogP contribution in [0.15, 0.2) is 54.6 Å². The molecule has 0 fully saturated rings. The zero-order valence-electron chi connectivity index (χ0n) is 21.3. The van der Waals surface area contributed by atoms with Crippen molar-refractivity contribution in [1.29, 1.82) is 0 Å². The van der Waals surface area contributed by atoms with E-state index in [1.54, 1.807) is 6.07 Å². The Hall–Kier alpha value is -4.28. The first kappa shape index (κ1) is 29.3. The lowest BCUT2D eigenvalue weighted by Gasteiger charge is -2.18. The molecule has 0 aliphatic rings. The molecule has 0 saturated carbocycles. The second-order valence-electron chi connectivity index (χ2n) is 8.78. The Kier molecular flexibility index (Phi) is 9.05. The van der Waals surface area contributed by atoms with Crippen LogP contribution in [0.4, 0.5) is 27.6 Å². The fraction of sp³-hybridized carbons (Fsp3) is 0.250. The minimum atomic E-state index is -4.55. The summed E-state index contributed by atoms with van der Waals surface area (Å²) in [5, 5.41) is 2.32. The normalized spacial score (nSPS) is 11.2. The number of hydrogen-bond donors (Lipinski definition) is 1. The van der Waals surface area contributed by atoms with E-state index in [1.807, 2.05) is 6.92 Å². The molecule has 1 N–H and O–H groups in total. The van der Waals surface area contributed by atoms with Crippen LogP contribution in [0.5, 0.6) is 5.75 Å². The number of nitrogens with zero attached hydrogens (tertiary/aromatic N) is 1. The molecule has 0 radical (unpaired) electrons. The van der Waals surface area contributed by atoms with Gasteiger partial charge in [-0.25, -0.2) is 8.78 Å². The van der Waals surface area contributed by atoms with E-state index in [0.29, 0.717) is 18.9 Å². The quantitative estimate of drug-likeness (QED) is 0.193. The molecule has 2 amide bonds. The second kappa shape index (κ2) is 12.1. The van der Waals surface area contributed by atoms with Gasteiger partial charge >= 0.3 is 12.1 Å². The van der Waals surface area contributed by atoms with Gasteiger partial charge in [-0.3, -0.25) is 14.4 Å². The molecule has 0 saturated heterocycles. The van der Waals surface area contributed by atoms with E-state index in [-0.39, 0.29) is 23.1 Å². The number of carbonyl (C=O) groups excluding carboxylic acids is 3. The highest BCUT2D eigenvalue weighted by Gasteiger charge is 2.31. The second-order valence-corrected chi connectivity index (χ2v) is 8.78. The average Bonchev–Trinajstić information content (AvgIpc) is 2.89. The molecule has 3 aromatic carbocycles. The Labute approximate surface area is 221 Å². The summed E-state index contributed by atoms with van der Waals surface area (Å²) in [5.74, 6) is -6.57. The van der Waals surface area contributed by atoms with Gasteiger partial charge in [0.15, 0.2) is 11.6 Å². The number of alkyl halides is 3. The van der Waals surface area contributed by atoms with Crippen LogP contribution in [0, 0.1) is 11.6 Å². The summed E-state index contributed by atoms with van der Waals surface area (Å²) in [6, 6.07) is 10.7. The Morgan fingerprint density at radius 2 is 1.62 bits per heavy atom. The van der Waals surface area contributed by atoms with Crippen molar-refractivity contribution in [2.45, 2.75) is 32.4 Å². The summed E-state index contributed by atoms with van der Waals surface area (Å²) in [4.78, 5) is 39.0. The lowest BCUT2D eigenvalue weighted by molar-refractivity contribution is -0.137. The van der Waals surface area contributed by atoms with E-state index in [9.17, 15) is 31.9 Å². The number of halogens is 5. The molecule has 3 aromatic rings. The van der Waals surface area contributed by atoms with Crippen molar-refractivity contribution < 1.29 is 41.1 Å². The van der Waals surface area contributed by atoms with Gasteiger partial charge in [0.2, 0.25) is 5.75 Å². The molecule has 206 valence electrons. The van der Waals surface area contributed by atoms with Gasteiger partial charge in [-0.15, -0.1) is 0 Å². The zero-order chi connectivity index (χ0) is 28.9. The van der Waals surface area contributed by atoms with Crippen molar-refractivity contribution in [1.82, 2.24) is 4.90 Å². The van der Waals surface area contributed by atoms with Gasteiger partial charge < -0.3 is 15.0 Å². The first-order chi connectivity index (χ1) is 18.3. The lowest BCUT2D eigenvalue weighted by atomic mass is 9.98. The first-order valence-corrected chi connectivity index (χ1v) is 11.9. The molecule has 0 atom stereocenters. The number of benzene rings is 3. The predicted molar refractivity (Wildman–Crippen MR) is 134 cm³/mol. The fourth-order valence-electron chi connectivity index (χ4n) is 3.67. The third-order valence-corrected chi connectivity index (χ3v) is 5.69. The molecule has 11 heteroatoms. The Balaban J connectivity index is 2.02. The molecule has 3 rings (SSSR count). The number of nitrogens with one attached hydrogen (secondary N) is 1. The van der Waals surface area contributed by atoms with Crippen molar-refractivity contribution >= 4 is 23.5 Å².